The van der Waals surface area contributed by atoms with E-state index in [1.807, 2.05) is 35.1 Å². The average Bonchev–Trinajstić information content (AvgIpc) is 3.10. The molecular formula is C19H20N6. The van der Waals surface area contributed by atoms with E-state index < -0.39 is 0 Å². The monoisotopic (exact) mass is 332 g/mol. The molecule has 126 valence electrons. The van der Waals surface area contributed by atoms with Crippen LogP contribution in [0.5, 0.6) is 0 Å². The van der Waals surface area contributed by atoms with Crippen molar-refractivity contribution >= 4 is 11.0 Å². The molecule has 4 rings (SSSR count). The Bertz CT molecular complexity index is 900. The molecule has 25 heavy (non-hydrogen) atoms. The molecule has 0 atom stereocenters. The van der Waals surface area contributed by atoms with E-state index in [2.05, 4.69) is 26.0 Å². The van der Waals surface area contributed by atoms with Crippen LogP contribution in [0.1, 0.15) is 24.8 Å². The molecule has 1 saturated heterocycles. The number of nitriles is 1. The molecule has 0 N–H and O–H groups in total. The van der Waals surface area contributed by atoms with Crippen molar-refractivity contribution in [2.75, 3.05) is 19.6 Å². The molecule has 2 aromatic heterocycles. The highest BCUT2D eigenvalue weighted by atomic mass is 15.3. The van der Waals surface area contributed by atoms with E-state index in [0.717, 1.165) is 35.4 Å². The van der Waals surface area contributed by atoms with Gasteiger partial charge in [-0.3, -0.25) is 0 Å². The van der Waals surface area contributed by atoms with Crippen molar-refractivity contribution < 1.29 is 0 Å². The predicted molar refractivity (Wildman–Crippen MR) is 95.8 cm³/mol. The highest BCUT2D eigenvalue weighted by molar-refractivity contribution is 5.89. The van der Waals surface area contributed by atoms with Gasteiger partial charge in [0, 0.05) is 12.1 Å². The highest BCUT2D eigenvalue weighted by Gasteiger charge is 2.14. The second-order valence-corrected chi connectivity index (χ2v) is 6.42. The first-order valence-electron chi connectivity index (χ1n) is 8.74. The normalized spacial score (nSPS) is 15.3. The fraction of sp³-hybridized carbons (Fsp3) is 0.368. The molecule has 0 aliphatic carbocycles. The zero-order valence-corrected chi connectivity index (χ0v) is 14.1. The van der Waals surface area contributed by atoms with Crippen LogP contribution in [0, 0.1) is 11.3 Å². The summed E-state index contributed by atoms with van der Waals surface area (Å²) in [6, 6.07) is 9.60. The maximum absolute atomic E-state index is 8.95. The van der Waals surface area contributed by atoms with Crippen molar-refractivity contribution in [1.82, 2.24) is 24.6 Å². The lowest BCUT2D eigenvalue weighted by molar-refractivity contribution is 0.219. The van der Waals surface area contributed by atoms with E-state index >= 15 is 0 Å². The summed E-state index contributed by atoms with van der Waals surface area (Å²) in [6.45, 7) is 4.22. The lowest BCUT2D eigenvalue weighted by Gasteiger charge is -2.26. The molecule has 0 bridgehead atoms. The Morgan fingerprint density at radius 1 is 1.00 bits per heavy atom. The van der Waals surface area contributed by atoms with Gasteiger partial charge in [0.1, 0.15) is 6.33 Å². The second-order valence-electron chi connectivity index (χ2n) is 6.42. The van der Waals surface area contributed by atoms with Crippen molar-refractivity contribution in [1.29, 1.82) is 5.26 Å². The van der Waals surface area contributed by atoms with Crippen LogP contribution in [-0.4, -0.2) is 44.3 Å². The number of hydrogen-bond acceptors (Lipinski definition) is 5. The molecule has 6 heteroatoms. The fourth-order valence-corrected chi connectivity index (χ4v) is 3.41. The summed E-state index contributed by atoms with van der Waals surface area (Å²) in [7, 11) is 0. The lowest BCUT2D eigenvalue weighted by Crippen LogP contribution is -2.32. The molecule has 3 aromatic rings. The third-order valence-electron chi connectivity index (χ3n) is 4.80. The Hall–Kier alpha value is -2.78. The van der Waals surface area contributed by atoms with E-state index in [1.165, 1.54) is 32.4 Å². The highest BCUT2D eigenvalue weighted by Crippen LogP contribution is 2.25. The van der Waals surface area contributed by atoms with Gasteiger partial charge in [-0.15, -0.1) is 0 Å². The molecule has 0 unspecified atom stereocenters. The van der Waals surface area contributed by atoms with Crippen molar-refractivity contribution in [2.24, 2.45) is 0 Å². The summed E-state index contributed by atoms with van der Waals surface area (Å²) >= 11 is 0. The third kappa shape index (κ3) is 3.24. The van der Waals surface area contributed by atoms with Crippen molar-refractivity contribution in [2.45, 2.75) is 25.8 Å². The molecule has 1 fully saturated rings. The maximum Gasteiger partial charge on any atom is 0.161 e. The number of benzene rings is 1. The number of aromatic nitrogens is 4. The van der Waals surface area contributed by atoms with Crippen molar-refractivity contribution in [3.8, 4) is 17.3 Å². The molecule has 0 spiro atoms. The zero-order chi connectivity index (χ0) is 17.1. The van der Waals surface area contributed by atoms with E-state index in [-0.39, 0.29) is 0 Å². The number of nitrogens with zero attached hydrogens (tertiary/aromatic N) is 6. The van der Waals surface area contributed by atoms with Gasteiger partial charge in [0.15, 0.2) is 5.65 Å². The Labute approximate surface area is 146 Å². The summed E-state index contributed by atoms with van der Waals surface area (Å²) in [5.41, 5.74) is 3.35. The minimum Gasteiger partial charge on any atom is -0.301 e. The summed E-state index contributed by atoms with van der Waals surface area (Å²) in [4.78, 5) is 11.4. The van der Waals surface area contributed by atoms with Crippen LogP contribution in [0.25, 0.3) is 22.3 Å². The van der Waals surface area contributed by atoms with Crippen LogP contribution in [-0.2, 0) is 6.54 Å². The molecule has 3 heterocycles. The Morgan fingerprint density at radius 2 is 1.80 bits per heavy atom. The topological polar surface area (TPSA) is 70.6 Å². The third-order valence-corrected chi connectivity index (χ3v) is 4.80. The SMILES string of the molecule is N#Cc1ccc(-c2ncnc3c2cnn3CCN2CCCCC2)cc1. The number of rotatable bonds is 4. The standard InChI is InChI=1S/C19H20N6/c20-12-15-4-6-16(7-5-15)18-17-13-23-25(19(17)22-14-21-18)11-10-24-8-2-1-3-9-24/h4-7,13-14H,1-3,8-11H2. The van der Waals surface area contributed by atoms with Crippen LogP contribution in [0.15, 0.2) is 36.8 Å². The van der Waals surface area contributed by atoms with Gasteiger partial charge in [-0.25, -0.2) is 14.6 Å². The largest absolute Gasteiger partial charge is 0.301 e. The Kier molecular flexibility index (Phi) is 4.40. The zero-order valence-electron chi connectivity index (χ0n) is 14.1. The van der Waals surface area contributed by atoms with Crippen LogP contribution in [0.3, 0.4) is 0 Å². The van der Waals surface area contributed by atoms with Gasteiger partial charge in [0.2, 0.25) is 0 Å². The molecular weight excluding hydrogens is 312 g/mol. The number of fused-ring (bicyclic) bond motifs is 1. The van der Waals surface area contributed by atoms with E-state index in [4.69, 9.17) is 5.26 Å². The van der Waals surface area contributed by atoms with Gasteiger partial charge in [0.05, 0.1) is 35.5 Å². The first-order chi connectivity index (χ1) is 12.3. The minimum absolute atomic E-state index is 0.645. The molecule has 1 aliphatic rings. The molecule has 1 aliphatic heterocycles. The lowest BCUT2D eigenvalue weighted by atomic mass is 10.1. The van der Waals surface area contributed by atoms with Gasteiger partial charge in [-0.2, -0.15) is 10.4 Å². The van der Waals surface area contributed by atoms with Crippen molar-refractivity contribution in [3.63, 3.8) is 0 Å². The first-order valence-corrected chi connectivity index (χ1v) is 8.74. The van der Waals surface area contributed by atoms with Gasteiger partial charge in [-0.1, -0.05) is 18.6 Å². The molecule has 0 saturated carbocycles. The van der Waals surface area contributed by atoms with Gasteiger partial charge < -0.3 is 4.90 Å². The summed E-state index contributed by atoms with van der Waals surface area (Å²) < 4.78 is 1.97. The quantitative estimate of drug-likeness (QED) is 0.735. The molecule has 6 nitrogen and oxygen atoms in total. The molecule has 1 aromatic carbocycles. The second kappa shape index (κ2) is 6.99. The van der Waals surface area contributed by atoms with Crippen LogP contribution in [0.2, 0.25) is 0 Å². The van der Waals surface area contributed by atoms with Gasteiger partial charge >= 0.3 is 0 Å². The number of hydrogen-bond donors (Lipinski definition) is 0. The van der Waals surface area contributed by atoms with E-state index in [0.29, 0.717) is 5.56 Å². The fourth-order valence-electron chi connectivity index (χ4n) is 3.41. The van der Waals surface area contributed by atoms with E-state index in [9.17, 15) is 0 Å². The number of likely N-dealkylation sites (tertiary alicyclic amines) is 1. The first kappa shape index (κ1) is 15.7. The van der Waals surface area contributed by atoms with Crippen molar-refractivity contribution in [3.05, 3.63) is 42.4 Å². The van der Waals surface area contributed by atoms with Crippen LogP contribution in [0.4, 0.5) is 0 Å². The van der Waals surface area contributed by atoms with Crippen LogP contribution < -0.4 is 0 Å². The summed E-state index contributed by atoms with van der Waals surface area (Å²) in [5, 5.41) is 14.4. The number of piperidine rings is 1. The smallest absolute Gasteiger partial charge is 0.161 e. The maximum atomic E-state index is 8.95. The van der Waals surface area contributed by atoms with Crippen LogP contribution >= 0.6 is 0 Å². The minimum atomic E-state index is 0.645. The Morgan fingerprint density at radius 3 is 2.56 bits per heavy atom. The molecule has 0 radical (unpaired) electrons. The van der Waals surface area contributed by atoms with Gasteiger partial charge in [-0.05, 0) is 38.1 Å². The van der Waals surface area contributed by atoms with E-state index in [1.54, 1.807) is 6.33 Å². The predicted octanol–water partition coefficient (Wildman–Crippen LogP) is 2.85. The summed E-state index contributed by atoms with van der Waals surface area (Å²) in [6.07, 6.45) is 7.38. The summed E-state index contributed by atoms with van der Waals surface area (Å²) in [5.74, 6) is 0. The van der Waals surface area contributed by atoms with Gasteiger partial charge in [0.25, 0.3) is 0 Å². The molecule has 0 amide bonds. The Balaban J connectivity index is 1.60. The average molecular weight is 332 g/mol.